The summed E-state index contributed by atoms with van der Waals surface area (Å²) in [6.07, 6.45) is 2.26. The topological polar surface area (TPSA) is 26.3 Å². The van der Waals surface area contributed by atoms with Crippen LogP contribution in [-0.4, -0.2) is 12.9 Å². The van der Waals surface area contributed by atoms with Crippen molar-refractivity contribution < 1.29 is 9.53 Å². The fraction of sp³-hybridized carbons (Fsp3) is 0.533. The lowest BCUT2D eigenvalue weighted by molar-refractivity contribution is -0.117. The minimum Gasteiger partial charge on any atom is -0.496 e. The highest BCUT2D eigenvalue weighted by atomic mass is 35.5. The van der Waals surface area contributed by atoms with Crippen molar-refractivity contribution in [2.45, 2.75) is 46.0 Å². The Bertz CT molecular complexity index is 425. The minimum absolute atomic E-state index is 0.222. The van der Waals surface area contributed by atoms with Crippen LogP contribution in [0.25, 0.3) is 0 Å². The van der Waals surface area contributed by atoms with E-state index in [0.29, 0.717) is 12.3 Å². The highest BCUT2D eigenvalue weighted by Gasteiger charge is 2.13. The first-order chi connectivity index (χ1) is 8.45. The van der Waals surface area contributed by atoms with Crippen molar-refractivity contribution in [1.29, 1.82) is 0 Å². The van der Waals surface area contributed by atoms with Crippen molar-refractivity contribution in [3.8, 4) is 5.75 Å². The maximum absolute atomic E-state index is 11.0. The summed E-state index contributed by atoms with van der Waals surface area (Å²) in [5.74, 6) is 1.50. The van der Waals surface area contributed by atoms with Crippen molar-refractivity contribution in [2.24, 2.45) is 0 Å². The molecule has 2 nitrogen and oxygen atoms in total. The van der Waals surface area contributed by atoms with Crippen LogP contribution in [0, 0.1) is 0 Å². The average Bonchev–Trinajstić information content (AvgIpc) is 2.27. The van der Waals surface area contributed by atoms with Gasteiger partial charge in [0.05, 0.1) is 7.11 Å². The molecular weight excluding hydrogens is 248 g/mol. The number of halogens is 1. The summed E-state index contributed by atoms with van der Waals surface area (Å²) < 4.78 is 5.51. The van der Waals surface area contributed by atoms with E-state index in [1.165, 1.54) is 0 Å². The van der Waals surface area contributed by atoms with Gasteiger partial charge in [-0.25, -0.2) is 0 Å². The lowest BCUT2D eigenvalue weighted by Crippen LogP contribution is -2.01. The molecule has 1 aromatic carbocycles. The van der Waals surface area contributed by atoms with Crippen molar-refractivity contribution in [3.63, 3.8) is 0 Å². The van der Waals surface area contributed by atoms with Gasteiger partial charge in [0.2, 0.25) is 0 Å². The zero-order valence-electron chi connectivity index (χ0n) is 11.5. The third-order valence-corrected chi connectivity index (χ3v) is 3.18. The average molecular weight is 269 g/mol. The van der Waals surface area contributed by atoms with Crippen LogP contribution in [0.2, 0.25) is 5.02 Å². The van der Waals surface area contributed by atoms with Gasteiger partial charge >= 0.3 is 0 Å². The summed E-state index contributed by atoms with van der Waals surface area (Å²) in [4.78, 5) is 11.0. The SMILES string of the molecule is COc1c(CCCC(C)=O)cc(Cl)cc1C(C)C. The van der Waals surface area contributed by atoms with E-state index in [1.807, 2.05) is 12.1 Å². The summed E-state index contributed by atoms with van der Waals surface area (Å²) in [6, 6.07) is 3.89. The van der Waals surface area contributed by atoms with E-state index in [4.69, 9.17) is 16.3 Å². The summed E-state index contributed by atoms with van der Waals surface area (Å²) in [7, 11) is 1.68. The predicted molar refractivity (Wildman–Crippen MR) is 75.7 cm³/mol. The molecule has 0 unspecified atom stereocenters. The number of aryl methyl sites for hydroxylation is 1. The van der Waals surface area contributed by atoms with E-state index < -0.39 is 0 Å². The van der Waals surface area contributed by atoms with E-state index in [1.54, 1.807) is 14.0 Å². The first-order valence-corrected chi connectivity index (χ1v) is 6.69. The Kier molecular flexibility index (Phi) is 5.67. The molecule has 0 N–H and O–H groups in total. The highest BCUT2D eigenvalue weighted by Crippen LogP contribution is 2.34. The van der Waals surface area contributed by atoms with E-state index in [2.05, 4.69) is 13.8 Å². The molecule has 0 aliphatic heterocycles. The Balaban J connectivity index is 2.98. The van der Waals surface area contributed by atoms with E-state index in [9.17, 15) is 4.79 Å². The molecule has 0 aromatic heterocycles. The molecule has 1 rings (SSSR count). The molecule has 0 saturated carbocycles. The standard InChI is InChI=1S/C15H21ClO2/c1-10(2)14-9-13(16)8-12(15(14)18-4)7-5-6-11(3)17/h8-10H,5-7H2,1-4H3. The van der Waals surface area contributed by atoms with E-state index in [-0.39, 0.29) is 5.78 Å². The molecular formula is C15H21ClO2. The van der Waals surface area contributed by atoms with Crippen molar-refractivity contribution >= 4 is 17.4 Å². The number of hydrogen-bond donors (Lipinski definition) is 0. The first kappa shape index (κ1) is 15.0. The number of carbonyl (C=O) groups is 1. The van der Waals surface area contributed by atoms with E-state index in [0.717, 1.165) is 34.7 Å². The third-order valence-electron chi connectivity index (χ3n) is 2.96. The van der Waals surface area contributed by atoms with Gasteiger partial charge in [0.25, 0.3) is 0 Å². The Morgan fingerprint density at radius 2 is 2.06 bits per heavy atom. The van der Waals surface area contributed by atoms with Crippen LogP contribution in [0.1, 0.15) is 50.7 Å². The molecule has 100 valence electrons. The lowest BCUT2D eigenvalue weighted by atomic mass is 9.96. The number of ether oxygens (including phenoxy) is 1. The van der Waals surface area contributed by atoms with Gasteiger partial charge in [-0.2, -0.15) is 0 Å². The van der Waals surface area contributed by atoms with Gasteiger partial charge in [-0.1, -0.05) is 25.4 Å². The van der Waals surface area contributed by atoms with Crippen LogP contribution in [0.5, 0.6) is 5.75 Å². The van der Waals surface area contributed by atoms with Gasteiger partial charge in [-0.3, -0.25) is 0 Å². The number of carbonyl (C=O) groups excluding carboxylic acids is 1. The fourth-order valence-electron chi connectivity index (χ4n) is 2.06. The van der Waals surface area contributed by atoms with Gasteiger partial charge in [0.1, 0.15) is 11.5 Å². The number of benzene rings is 1. The van der Waals surface area contributed by atoms with Crippen molar-refractivity contribution in [1.82, 2.24) is 0 Å². The molecule has 0 spiro atoms. The monoisotopic (exact) mass is 268 g/mol. The molecule has 0 atom stereocenters. The third kappa shape index (κ3) is 4.02. The molecule has 0 amide bonds. The number of Topliss-reactive ketones (excluding diaryl/α,β-unsaturated/α-hetero) is 1. The number of rotatable bonds is 6. The van der Waals surface area contributed by atoms with Gasteiger partial charge < -0.3 is 9.53 Å². The second-order valence-corrected chi connectivity index (χ2v) is 5.33. The summed E-state index contributed by atoms with van der Waals surface area (Å²) >= 11 is 6.14. The molecule has 0 radical (unpaired) electrons. The largest absolute Gasteiger partial charge is 0.496 e. The molecule has 0 saturated heterocycles. The first-order valence-electron chi connectivity index (χ1n) is 6.31. The smallest absolute Gasteiger partial charge is 0.129 e. The van der Waals surface area contributed by atoms with Crippen LogP contribution >= 0.6 is 11.6 Å². The quantitative estimate of drug-likeness (QED) is 0.765. The van der Waals surface area contributed by atoms with Crippen LogP contribution in [0.4, 0.5) is 0 Å². The van der Waals surface area contributed by atoms with Crippen molar-refractivity contribution in [3.05, 3.63) is 28.3 Å². The highest BCUT2D eigenvalue weighted by molar-refractivity contribution is 6.30. The lowest BCUT2D eigenvalue weighted by Gasteiger charge is -2.16. The normalized spacial score (nSPS) is 10.8. The second kappa shape index (κ2) is 6.79. The predicted octanol–water partition coefficient (Wildman–Crippen LogP) is 4.38. The van der Waals surface area contributed by atoms with Crippen LogP contribution in [0.3, 0.4) is 0 Å². The minimum atomic E-state index is 0.222. The Labute approximate surface area is 114 Å². The zero-order chi connectivity index (χ0) is 13.7. The van der Waals surface area contributed by atoms with Gasteiger partial charge in [-0.15, -0.1) is 0 Å². The summed E-state index contributed by atoms with van der Waals surface area (Å²) in [5, 5.41) is 0.734. The molecule has 3 heteroatoms. The van der Waals surface area contributed by atoms with Crippen LogP contribution < -0.4 is 4.74 Å². The molecule has 0 fully saturated rings. The maximum atomic E-state index is 11.0. The number of ketones is 1. The molecule has 1 aromatic rings. The van der Waals surface area contributed by atoms with Gasteiger partial charge in [-0.05, 0) is 48.9 Å². The number of methoxy groups -OCH3 is 1. The second-order valence-electron chi connectivity index (χ2n) is 4.90. The Morgan fingerprint density at radius 1 is 1.39 bits per heavy atom. The Hall–Kier alpha value is -1.02. The maximum Gasteiger partial charge on any atom is 0.129 e. The summed E-state index contributed by atoms with van der Waals surface area (Å²) in [5.41, 5.74) is 2.22. The molecule has 0 aliphatic rings. The molecule has 0 aliphatic carbocycles. The fourth-order valence-corrected chi connectivity index (χ4v) is 2.31. The molecule has 0 bridgehead atoms. The molecule has 0 heterocycles. The van der Waals surface area contributed by atoms with Crippen LogP contribution in [-0.2, 0) is 11.2 Å². The van der Waals surface area contributed by atoms with E-state index >= 15 is 0 Å². The zero-order valence-corrected chi connectivity index (χ0v) is 12.3. The Morgan fingerprint density at radius 3 is 2.56 bits per heavy atom. The van der Waals surface area contributed by atoms with Crippen molar-refractivity contribution in [2.75, 3.05) is 7.11 Å². The molecule has 18 heavy (non-hydrogen) atoms. The van der Waals surface area contributed by atoms with Crippen LogP contribution in [0.15, 0.2) is 12.1 Å². The number of hydrogen-bond acceptors (Lipinski definition) is 2. The summed E-state index contributed by atoms with van der Waals surface area (Å²) in [6.45, 7) is 5.86. The van der Waals surface area contributed by atoms with Gasteiger partial charge in [0.15, 0.2) is 0 Å². The van der Waals surface area contributed by atoms with Gasteiger partial charge in [0, 0.05) is 11.4 Å².